The molecule has 9 heteroatoms. The van der Waals surface area contributed by atoms with Crippen LogP contribution in [-0.2, 0) is 21.2 Å². The van der Waals surface area contributed by atoms with Gasteiger partial charge in [0, 0.05) is 23.0 Å². The lowest BCUT2D eigenvalue weighted by atomic mass is 10.1. The molecule has 0 saturated carbocycles. The predicted molar refractivity (Wildman–Crippen MR) is 107 cm³/mol. The van der Waals surface area contributed by atoms with E-state index in [0.717, 1.165) is 10.5 Å². The first-order valence-electron chi connectivity index (χ1n) is 8.28. The maximum atomic E-state index is 12.3. The lowest BCUT2D eigenvalue weighted by Crippen LogP contribution is -2.15. The molecule has 3 rings (SSSR count). The second kappa shape index (κ2) is 8.51. The van der Waals surface area contributed by atoms with Gasteiger partial charge >= 0.3 is 0 Å². The maximum absolute atomic E-state index is 12.3. The molecule has 144 valence electrons. The van der Waals surface area contributed by atoms with Crippen molar-refractivity contribution in [2.45, 2.75) is 28.3 Å². The summed E-state index contributed by atoms with van der Waals surface area (Å²) in [5.74, 6) is -0.196. The summed E-state index contributed by atoms with van der Waals surface area (Å²) < 4.78 is 22.6. The highest BCUT2D eigenvalue weighted by atomic mass is 32.2. The van der Waals surface area contributed by atoms with Gasteiger partial charge in [0.2, 0.25) is 15.9 Å². The van der Waals surface area contributed by atoms with E-state index in [-0.39, 0.29) is 17.2 Å². The van der Waals surface area contributed by atoms with Gasteiger partial charge in [-0.1, -0.05) is 12.1 Å². The summed E-state index contributed by atoms with van der Waals surface area (Å²) in [4.78, 5) is 21.7. The van der Waals surface area contributed by atoms with E-state index in [1.165, 1.54) is 23.9 Å². The van der Waals surface area contributed by atoms with Crippen molar-refractivity contribution in [2.75, 3.05) is 5.32 Å². The molecule has 1 heterocycles. The number of amides is 1. The van der Waals surface area contributed by atoms with Crippen molar-refractivity contribution in [1.29, 1.82) is 0 Å². The van der Waals surface area contributed by atoms with Gasteiger partial charge in [0.05, 0.1) is 11.3 Å². The summed E-state index contributed by atoms with van der Waals surface area (Å²) in [5, 5.41) is 8.60. The summed E-state index contributed by atoms with van der Waals surface area (Å²) in [6.07, 6.45) is 3.50. The number of carbonyl (C=O) groups excluding carboxylic acids is 1. The minimum Gasteiger partial charge on any atom is -0.326 e. The largest absolute Gasteiger partial charge is 0.326 e. The number of aryl methyl sites for hydroxylation is 1. The monoisotopic (exact) mass is 414 g/mol. The van der Waals surface area contributed by atoms with Gasteiger partial charge < -0.3 is 5.32 Å². The van der Waals surface area contributed by atoms with E-state index in [1.807, 2.05) is 25.1 Å². The number of nitrogens with two attached hydrogens (primary N) is 1. The molecule has 0 fully saturated rings. The lowest BCUT2D eigenvalue weighted by molar-refractivity contribution is -0.115. The van der Waals surface area contributed by atoms with Crippen molar-refractivity contribution in [3.05, 3.63) is 72.1 Å². The third-order valence-corrected chi connectivity index (χ3v) is 5.65. The highest BCUT2D eigenvalue weighted by Crippen LogP contribution is 2.28. The number of carbonyl (C=O) groups is 1. The number of nitrogens with one attached hydrogen (secondary N) is 1. The number of benzene rings is 2. The summed E-state index contributed by atoms with van der Waals surface area (Å²) in [6, 6.07) is 13.4. The van der Waals surface area contributed by atoms with Gasteiger partial charge in [-0.15, -0.1) is 0 Å². The van der Waals surface area contributed by atoms with Crippen molar-refractivity contribution >= 4 is 33.4 Å². The molecule has 2 aromatic carbocycles. The standard InChI is InChI=1S/C19H18N4O3S2/c1-13-11-15(27-19-21-9-2-10-22-19)5-8-17(13)23-18(24)12-14-3-6-16(7-4-14)28(20,25)26/h2-11H,12H2,1H3,(H,23,24)(H2,20,25,26). The summed E-state index contributed by atoms with van der Waals surface area (Å²) >= 11 is 1.44. The maximum Gasteiger partial charge on any atom is 0.238 e. The van der Waals surface area contributed by atoms with Crippen LogP contribution in [0.3, 0.4) is 0 Å². The van der Waals surface area contributed by atoms with E-state index >= 15 is 0 Å². The van der Waals surface area contributed by atoms with Crippen molar-refractivity contribution in [3.63, 3.8) is 0 Å². The van der Waals surface area contributed by atoms with E-state index in [2.05, 4.69) is 15.3 Å². The fraction of sp³-hybridized carbons (Fsp3) is 0.105. The molecule has 0 bridgehead atoms. The van der Waals surface area contributed by atoms with Gasteiger partial charge in [-0.05, 0) is 66.2 Å². The molecule has 0 spiro atoms. The number of sulfonamides is 1. The Labute approximate surface area is 167 Å². The van der Waals surface area contributed by atoms with Crippen LogP contribution in [0.1, 0.15) is 11.1 Å². The minimum atomic E-state index is -3.74. The highest BCUT2D eigenvalue weighted by Gasteiger charge is 2.10. The molecule has 0 aliphatic rings. The van der Waals surface area contributed by atoms with E-state index < -0.39 is 10.0 Å². The molecule has 1 aromatic heterocycles. The number of hydrogen-bond acceptors (Lipinski definition) is 6. The van der Waals surface area contributed by atoms with Crippen molar-refractivity contribution in [2.24, 2.45) is 5.14 Å². The third kappa shape index (κ3) is 5.38. The number of hydrogen-bond donors (Lipinski definition) is 2. The molecule has 0 aliphatic heterocycles. The fourth-order valence-electron chi connectivity index (χ4n) is 2.46. The molecule has 3 aromatic rings. The van der Waals surface area contributed by atoms with E-state index in [9.17, 15) is 13.2 Å². The molecule has 7 nitrogen and oxygen atoms in total. The number of primary sulfonamides is 1. The SMILES string of the molecule is Cc1cc(Sc2ncccn2)ccc1NC(=O)Cc1ccc(S(N)(=O)=O)cc1. The van der Waals surface area contributed by atoms with Crippen LogP contribution in [0.15, 0.2) is 75.9 Å². The van der Waals surface area contributed by atoms with E-state index in [4.69, 9.17) is 5.14 Å². The van der Waals surface area contributed by atoms with Crippen LogP contribution in [0.4, 0.5) is 5.69 Å². The van der Waals surface area contributed by atoms with Crippen LogP contribution in [-0.4, -0.2) is 24.3 Å². The second-order valence-electron chi connectivity index (χ2n) is 6.02. The molecular formula is C19H18N4O3S2. The quantitative estimate of drug-likeness (QED) is 0.599. The van der Waals surface area contributed by atoms with Crippen LogP contribution < -0.4 is 10.5 Å². The van der Waals surface area contributed by atoms with Crippen LogP contribution in [0, 0.1) is 6.92 Å². The first kappa shape index (κ1) is 20.0. The molecule has 0 unspecified atom stereocenters. The zero-order valence-corrected chi connectivity index (χ0v) is 16.6. The Morgan fingerprint density at radius 3 is 2.39 bits per heavy atom. The van der Waals surface area contributed by atoms with Gasteiger partial charge in [0.1, 0.15) is 0 Å². The van der Waals surface area contributed by atoms with Gasteiger partial charge in [-0.3, -0.25) is 4.79 Å². The Kier molecular flexibility index (Phi) is 6.08. The van der Waals surface area contributed by atoms with Crippen LogP contribution >= 0.6 is 11.8 Å². The Morgan fingerprint density at radius 1 is 1.11 bits per heavy atom. The zero-order chi connectivity index (χ0) is 20.1. The Bertz CT molecular complexity index is 1090. The van der Waals surface area contributed by atoms with Crippen molar-refractivity contribution < 1.29 is 13.2 Å². The summed E-state index contributed by atoms with van der Waals surface area (Å²) in [5.41, 5.74) is 2.32. The summed E-state index contributed by atoms with van der Waals surface area (Å²) in [6.45, 7) is 1.91. The molecule has 3 N–H and O–H groups in total. The van der Waals surface area contributed by atoms with Gasteiger partial charge in [0.15, 0.2) is 5.16 Å². The Morgan fingerprint density at radius 2 is 1.79 bits per heavy atom. The molecule has 1 amide bonds. The average molecular weight is 415 g/mol. The molecular weight excluding hydrogens is 396 g/mol. The molecule has 0 saturated heterocycles. The third-order valence-electron chi connectivity index (χ3n) is 3.84. The normalized spacial score (nSPS) is 11.2. The minimum absolute atomic E-state index is 0.0167. The predicted octanol–water partition coefficient (Wildman–Crippen LogP) is 2.76. The van der Waals surface area contributed by atoms with Crippen LogP contribution in [0.5, 0.6) is 0 Å². The molecule has 0 aliphatic carbocycles. The van der Waals surface area contributed by atoms with Crippen LogP contribution in [0.25, 0.3) is 0 Å². The summed E-state index contributed by atoms with van der Waals surface area (Å²) in [7, 11) is -3.74. The van der Waals surface area contributed by atoms with E-state index in [0.29, 0.717) is 16.4 Å². The lowest BCUT2D eigenvalue weighted by Gasteiger charge is -2.10. The number of aromatic nitrogens is 2. The van der Waals surface area contributed by atoms with Gasteiger partial charge in [-0.25, -0.2) is 23.5 Å². The van der Waals surface area contributed by atoms with Crippen molar-refractivity contribution in [3.8, 4) is 0 Å². The van der Waals surface area contributed by atoms with Gasteiger partial charge in [-0.2, -0.15) is 0 Å². The number of anilines is 1. The van der Waals surface area contributed by atoms with E-state index in [1.54, 1.807) is 30.6 Å². The number of rotatable bonds is 6. The molecule has 0 atom stereocenters. The topological polar surface area (TPSA) is 115 Å². The second-order valence-corrected chi connectivity index (χ2v) is 8.63. The van der Waals surface area contributed by atoms with Crippen LogP contribution in [0.2, 0.25) is 0 Å². The average Bonchev–Trinajstić information content (AvgIpc) is 2.64. The zero-order valence-electron chi connectivity index (χ0n) is 15.0. The van der Waals surface area contributed by atoms with Crippen molar-refractivity contribution in [1.82, 2.24) is 9.97 Å². The number of nitrogens with zero attached hydrogens (tertiary/aromatic N) is 2. The Balaban J connectivity index is 1.64. The molecule has 28 heavy (non-hydrogen) atoms. The first-order valence-corrected chi connectivity index (χ1v) is 10.6. The molecule has 0 radical (unpaired) electrons. The highest BCUT2D eigenvalue weighted by molar-refractivity contribution is 7.99. The smallest absolute Gasteiger partial charge is 0.238 e. The Hall–Kier alpha value is -2.75. The van der Waals surface area contributed by atoms with Gasteiger partial charge in [0.25, 0.3) is 0 Å². The fourth-order valence-corrected chi connectivity index (χ4v) is 3.79. The first-order chi connectivity index (χ1) is 13.3.